The van der Waals surface area contributed by atoms with Crippen molar-refractivity contribution in [1.29, 1.82) is 0 Å². The summed E-state index contributed by atoms with van der Waals surface area (Å²) in [6.45, 7) is 2.88. The molecule has 0 aliphatic carbocycles. The molecule has 5 heteroatoms. The fourth-order valence-corrected chi connectivity index (χ4v) is 1.94. The van der Waals surface area contributed by atoms with Crippen LogP contribution in [0.2, 0.25) is 5.02 Å². The lowest BCUT2D eigenvalue weighted by Crippen LogP contribution is -2.24. The molecule has 0 saturated carbocycles. The van der Waals surface area contributed by atoms with Crippen molar-refractivity contribution in [2.24, 2.45) is 0 Å². The van der Waals surface area contributed by atoms with E-state index in [2.05, 4.69) is 22.2 Å². The third-order valence-corrected chi connectivity index (χ3v) is 2.93. The summed E-state index contributed by atoms with van der Waals surface area (Å²) in [4.78, 5) is 8.18. The predicted molar refractivity (Wildman–Crippen MR) is 73.6 cm³/mol. The molecule has 19 heavy (non-hydrogen) atoms. The van der Waals surface area contributed by atoms with E-state index in [1.165, 1.54) is 12.3 Å². The highest BCUT2D eigenvalue weighted by Crippen LogP contribution is 2.21. The lowest BCUT2D eigenvalue weighted by atomic mass is 10.0. The predicted octanol–water partition coefficient (Wildman–Crippen LogP) is 3.36. The molecule has 2 aromatic rings. The van der Waals surface area contributed by atoms with E-state index >= 15 is 0 Å². The Hall–Kier alpha value is -1.52. The second-order valence-corrected chi connectivity index (χ2v) is 4.66. The van der Waals surface area contributed by atoms with Crippen LogP contribution in [-0.4, -0.2) is 16.5 Å². The molecule has 0 fully saturated rings. The van der Waals surface area contributed by atoms with Crippen LogP contribution < -0.4 is 5.32 Å². The number of hydrogen-bond acceptors (Lipinski definition) is 3. The largest absolute Gasteiger partial charge is 0.305 e. The maximum atomic E-state index is 13.3. The molecule has 0 spiro atoms. The Balaban J connectivity index is 2.32. The molecule has 2 heterocycles. The summed E-state index contributed by atoms with van der Waals surface area (Å²) in [7, 11) is 0. The lowest BCUT2D eigenvalue weighted by molar-refractivity contribution is 0.572. The minimum absolute atomic E-state index is 0.180. The number of hydrogen-bond donors (Lipinski definition) is 1. The van der Waals surface area contributed by atoms with Crippen molar-refractivity contribution in [1.82, 2.24) is 15.3 Å². The van der Waals surface area contributed by atoms with Gasteiger partial charge < -0.3 is 5.32 Å². The second-order valence-electron chi connectivity index (χ2n) is 4.22. The van der Waals surface area contributed by atoms with Crippen LogP contribution in [0, 0.1) is 5.82 Å². The highest BCUT2D eigenvalue weighted by Gasteiger charge is 2.15. The topological polar surface area (TPSA) is 37.8 Å². The van der Waals surface area contributed by atoms with Crippen LogP contribution >= 0.6 is 11.6 Å². The number of rotatable bonds is 5. The third kappa shape index (κ3) is 3.72. The highest BCUT2D eigenvalue weighted by atomic mass is 35.5. The van der Waals surface area contributed by atoms with Crippen LogP contribution in [0.1, 0.15) is 30.6 Å². The summed E-state index contributed by atoms with van der Waals surface area (Å²) < 4.78 is 13.3. The van der Waals surface area contributed by atoms with E-state index in [0.29, 0.717) is 5.02 Å². The smallest absolute Gasteiger partial charge is 0.141 e. The summed E-state index contributed by atoms with van der Waals surface area (Å²) in [6, 6.07) is 4.90. The van der Waals surface area contributed by atoms with Crippen LogP contribution in [0.5, 0.6) is 0 Å². The van der Waals surface area contributed by atoms with Gasteiger partial charge in [-0.05, 0) is 36.7 Å². The van der Waals surface area contributed by atoms with Gasteiger partial charge in [0.05, 0.1) is 23.0 Å². The van der Waals surface area contributed by atoms with Gasteiger partial charge in [-0.15, -0.1) is 0 Å². The van der Waals surface area contributed by atoms with Crippen molar-refractivity contribution in [2.45, 2.75) is 19.4 Å². The van der Waals surface area contributed by atoms with Crippen LogP contribution in [0.25, 0.3) is 0 Å². The Morgan fingerprint density at radius 2 is 2.16 bits per heavy atom. The van der Waals surface area contributed by atoms with E-state index in [1.807, 2.05) is 6.07 Å². The molecule has 0 aliphatic heterocycles. The third-order valence-electron chi connectivity index (χ3n) is 2.70. The normalized spacial score (nSPS) is 12.4. The minimum atomic E-state index is -0.352. The molecule has 1 N–H and O–H groups in total. The molecule has 1 atom stereocenters. The van der Waals surface area contributed by atoms with Gasteiger partial charge in [-0.3, -0.25) is 9.97 Å². The van der Waals surface area contributed by atoms with Crippen LogP contribution in [0.15, 0.2) is 36.8 Å². The first-order valence-corrected chi connectivity index (χ1v) is 6.53. The van der Waals surface area contributed by atoms with E-state index in [0.717, 1.165) is 24.2 Å². The number of pyridine rings is 2. The molecule has 0 amide bonds. The first-order chi connectivity index (χ1) is 9.20. The molecule has 2 rings (SSSR count). The van der Waals surface area contributed by atoms with Crippen molar-refractivity contribution in [3.8, 4) is 0 Å². The maximum Gasteiger partial charge on any atom is 0.141 e. The van der Waals surface area contributed by atoms with Gasteiger partial charge in [0.2, 0.25) is 0 Å². The molecule has 3 nitrogen and oxygen atoms in total. The molecular weight excluding hydrogens is 265 g/mol. The average molecular weight is 280 g/mol. The van der Waals surface area contributed by atoms with Crippen LogP contribution in [0.4, 0.5) is 4.39 Å². The fraction of sp³-hybridized carbons (Fsp3) is 0.286. The summed E-state index contributed by atoms with van der Waals surface area (Å²) in [5.41, 5.74) is 1.55. The lowest BCUT2D eigenvalue weighted by Gasteiger charge is -2.18. The number of nitrogens with zero attached hydrogens (tertiary/aromatic N) is 2. The minimum Gasteiger partial charge on any atom is -0.305 e. The van der Waals surface area contributed by atoms with Gasteiger partial charge in [0.1, 0.15) is 5.82 Å². The van der Waals surface area contributed by atoms with Crippen molar-refractivity contribution < 1.29 is 4.39 Å². The number of aromatic nitrogens is 2. The zero-order valence-electron chi connectivity index (χ0n) is 10.6. The van der Waals surface area contributed by atoms with E-state index in [9.17, 15) is 4.39 Å². The van der Waals surface area contributed by atoms with Crippen LogP contribution in [-0.2, 0) is 0 Å². The van der Waals surface area contributed by atoms with Crippen LogP contribution in [0.3, 0.4) is 0 Å². The van der Waals surface area contributed by atoms with Crippen molar-refractivity contribution in [3.05, 3.63) is 58.9 Å². The van der Waals surface area contributed by atoms with Crippen molar-refractivity contribution >= 4 is 11.6 Å². The van der Waals surface area contributed by atoms with Gasteiger partial charge in [0.25, 0.3) is 0 Å². The fourth-order valence-electron chi connectivity index (χ4n) is 1.83. The Morgan fingerprint density at radius 3 is 2.79 bits per heavy atom. The van der Waals surface area contributed by atoms with E-state index in [1.54, 1.807) is 18.5 Å². The highest BCUT2D eigenvalue weighted by molar-refractivity contribution is 6.30. The molecule has 0 radical (unpaired) electrons. The molecule has 100 valence electrons. The molecule has 0 saturated heterocycles. The second kappa shape index (κ2) is 6.59. The SMILES string of the molecule is CCCNC(c1cncc(F)c1)c1ccc(Cl)cn1. The molecule has 2 aromatic heterocycles. The Bertz CT molecular complexity index is 530. The maximum absolute atomic E-state index is 13.3. The molecule has 1 unspecified atom stereocenters. The summed E-state index contributed by atoms with van der Waals surface area (Å²) in [5.74, 6) is -0.352. The summed E-state index contributed by atoms with van der Waals surface area (Å²) in [5, 5.41) is 3.92. The molecule has 0 aromatic carbocycles. The molecule has 0 aliphatic rings. The first kappa shape index (κ1) is 13.9. The van der Waals surface area contributed by atoms with Crippen molar-refractivity contribution in [2.75, 3.05) is 6.54 Å². The van der Waals surface area contributed by atoms with Gasteiger partial charge >= 0.3 is 0 Å². The Kier molecular flexibility index (Phi) is 4.82. The quantitative estimate of drug-likeness (QED) is 0.912. The average Bonchev–Trinajstić information content (AvgIpc) is 2.41. The van der Waals surface area contributed by atoms with Gasteiger partial charge in [0, 0.05) is 12.4 Å². The standard InChI is InChI=1S/C14H15ClFN3/c1-2-5-18-14(10-6-12(16)9-17-7-10)13-4-3-11(15)8-19-13/h3-4,6-9,14,18H,2,5H2,1H3. The summed E-state index contributed by atoms with van der Waals surface area (Å²) in [6.07, 6.45) is 5.40. The van der Waals surface area contributed by atoms with E-state index in [4.69, 9.17) is 11.6 Å². The Morgan fingerprint density at radius 1 is 1.32 bits per heavy atom. The zero-order chi connectivity index (χ0) is 13.7. The summed E-state index contributed by atoms with van der Waals surface area (Å²) >= 11 is 5.84. The molecular formula is C14H15ClFN3. The zero-order valence-corrected chi connectivity index (χ0v) is 11.4. The molecule has 0 bridgehead atoms. The monoisotopic (exact) mass is 279 g/mol. The van der Waals surface area contributed by atoms with Crippen molar-refractivity contribution in [3.63, 3.8) is 0 Å². The number of nitrogens with one attached hydrogen (secondary N) is 1. The number of halogens is 2. The van der Waals surface area contributed by atoms with E-state index < -0.39 is 0 Å². The van der Waals surface area contributed by atoms with Gasteiger partial charge in [-0.2, -0.15) is 0 Å². The van der Waals surface area contributed by atoms with Gasteiger partial charge in [-0.25, -0.2) is 4.39 Å². The van der Waals surface area contributed by atoms with Gasteiger partial charge in [-0.1, -0.05) is 18.5 Å². The Labute approximate surface area is 116 Å². The van der Waals surface area contributed by atoms with Gasteiger partial charge in [0.15, 0.2) is 0 Å². The first-order valence-electron chi connectivity index (χ1n) is 6.16. The van der Waals surface area contributed by atoms with E-state index in [-0.39, 0.29) is 11.9 Å².